The standard InChI is InChI=1S/C26H13N3O2/c1-2-6-20-14(4-1)16-7-8-21-23(25(16)31-20)18-12-19-17(13-22(18)30-21)15-5-3-9-27-24(15)26-28-10-11-29(19)26/h1-13H. The first-order chi connectivity index (χ1) is 15.4. The van der Waals surface area contributed by atoms with Crippen LogP contribution in [0.15, 0.2) is 88.1 Å². The number of furan rings is 2. The summed E-state index contributed by atoms with van der Waals surface area (Å²) in [6.07, 6.45) is 5.61. The van der Waals surface area contributed by atoms with Crippen molar-refractivity contribution in [3.05, 3.63) is 79.3 Å². The predicted octanol–water partition coefficient (Wildman–Crippen LogP) is 6.83. The molecule has 0 aliphatic carbocycles. The van der Waals surface area contributed by atoms with E-state index in [0.717, 1.165) is 71.3 Å². The third-order valence-electron chi connectivity index (χ3n) is 6.31. The van der Waals surface area contributed by atoms with Crippen LogP contribution >= 0.6 is 0 Å². The van der Waals surface area contributed by atoms with Crippen molar-refractivity contribution in [3.8, 4) is 0 Å². The van der Waals surface area contributed by atoms with E-state index in [-0.39, 0.29) is 0 Å². The largest absolute Gasteiger partial charge is 0.456 e. The van der Waals surface area contributed by atoms with E-state index in [4.69, 9.17) is 8.83 Å². The molecule has 5 heterocycles. The van der Waals surface area contributed by atoms with Crippen molar-refractivity contribution < 1.29 is 8.83 Å². The molecule has 8 rings (SSSR count). The Hall–Kier alpha value is -4.38. The smallest absolute Gasteiger partial charge is 0.163 e. The van der Waals surface area contributed by atoms with Crippen LogP contribution in [0.4, 0.5) is 0 Å². The fourth-order valence-corrected chi connectivity index (χ4v) is 4.97. The van der Waals surface area contributed by atoms with Gasteiger partial charge >= 0.3 is 0 Å². The Morgan fingerprint density at radius 1 is 0.645 bits per heavy atom. The summed E-state index contributed by atoms with van der Waals surface area (Å²) in [6.45, 7) is 0. The maximum atomic E-state index is 6.30. The van der Waals surface area contributed by atoms with Crippen molar-refractivity contribution in [1.82, 2.24) is 14.4 Å². The molecule has 0 fully saturated rings. The Morgan fingerprint density at radius 2 is 1.58 bits per heavy atom. The predicted molar refractivity (Wildman–Crippen MR) is 123 cm³/mol. The monoisotopic (exact) mass is 399 g/mol. The number of aromatic nitrogens is 3. The van der Waals surface area contributed by atoms with Gasteiger partial charge in [0.15, 0.2) is 5.65 Å². The summed E-state index contributed by atoms with van der Waals surface area (Å²) >= 11 is 0. The van der Waals surface area contributed by atoms with Gasteiger partial charge in [-0.1, -0.05) is 24.3 Å². The second kappa shape index (κ2) is 5.21. The van der Waals surface area contributed by atoms with Gasteiger partial charge in [-0.25, -0.2) is 4.98 Å². The van der Waals surface area contributed by atoms with Crippen LogP contribution in [0, 0.1) is 0 Å². The first kappa shape index (κ1) is 15.5. The molecule has 5 heteroatoms. The summed E-state index contributed by atoms with van der Waals surface area (Å²) in [7, 11) is 0. The van der Waals surface area contributed by atoms with Gasteiger partial charge in [0.2, 0.25) is 0 Å². The minimum absolute atomic E-state index is 0.821. The summed E-state index contributed by atoms with van der Waals surface area (Å²) < 4.78 is 14.7. The van der Waals surface area contributed by atoms with E-state index in [0.29, 0.717) is 0 Å². The maximum Gasteiger partial charge on any atom is 0.163 e. The molecule has 0 amide bonds. The number of fused-ring (bicyclic) bond motifs is 13. The van der Waals surface area contributed by atoms with Crippen LogP contribution in [0.25, 0.3) is 71.3 Å². The fourth-order valence-electron chi connectivity index (χ4n) is 4.97. The number of para-hydroxylation sites is 1. The van der Waals surface area contributed by atoms with Crippen LogP contribution in [0.2, 0.25) is 0 Å². The molecule has 5 nitrogen and oxygen atoms in total. The van der Waals surface area contributed by atoms with Gasteiger partial charge in [0.1, 0.15) is 27.8 Å². The molecule has 0 radical (unpaired) electrons. The lowest BCUT2D eigenvalue weighted by Crippen LogP contribution is -1.92. The number of rotatable bonds is 0. The summed E-state index contributed by atoms with van der Waals surface area (Å²) in [6, 6.07) is 20.6. The Kier molecular flexibility index (Phi) is 2.60. The molecule has 8 aromatic rings. The molecule has 0 aliphatic heterocycles. The lowest BCUT2D eigenvalue weighted by atomic mass is 10.0. The second-order valence-electron chi connectivity index (χ2n) is 7.90. The summed E-state index contributed by atoms with van der Waals surface area (Å²) in [4.78, 5) is 9.16. The zero-order valence-corrected chi connectivity index (χ0v) is 16.2. The minimum Gasteiger partial charge on any atom is -0.456 e. The van der Waals surface area contributed by atoms with E-state index < -0.39 is 0 Å². The van der Waals surface area contributed by atoms with Gasteiger partial charge in [0.05, 0.1) is 10.9 Å². The molecule has 0 spiro atoms. The van der Waals surface area contributed by atoms with Gasteiger partial charge in [-0.3, -0.25) is 9.38 Å². The maximum absolute atomic E-state index is 6.30. The molecule has 0 unspecified atom stereocenters. The zero-order chi connectivity index (χ0) is 20.1. The molecule has 0 aliphatic rings. The third-order valence-corrected chi connectivity index (χ3v) is 6.31. The lowest BCUT2D eigenvalue weighted by molar-refractivity contribution is 0.663. The SMILES string of the molecule is c1ccc2c(c1)oc1c2ccc2oc3cc4c5cccnc5c5nccn5c4cc3c21. The molecule has 31 heavy (non-hydrogen) atoms. The fraction of sp³-hybridized carbons (Fsp3) is 0. The average molecular weight is 399 g/mol. The van der Waals surface area contributed by atoms with Crippen molar-refractivity contribution in [2.75, 3.05) is 0 Å². The van der Waals surface area contributed by atoms with Crippen molar-refractivity contribution in [3.63, 3.8) is 0 Å². The Morgan fingerprint density at radius 3 is 2.58 bits per heavy atom. The first-order valence-corrected chi connectivity index (χ1v) is 10.2. The highest BCUT2D eigenvalue weighted by atomic mass is 16.3. The first-order valence-electron chi connectivity index (χ1n) is 10.2. The molecule has 0 saturated carbocycles. The normalized spacial score (nSPS) is 12.5. The van der Waals surface area contributed by atoms with Crippen molar-refractivity contribution in [2.24, 2.45) is 0 Å². The van der Waals surface area contributed by atoms with E-state index in [1.54, 1.807) is 6.20 Å². The van der Waals surface area contributed by atoms with Crippen LogP contribution in [0.5, 0.6) is 0 Å². The van der Waals surface area contributed by atoms with Crippen LogP contribution in [-0.4, -0.2) is 14.4 Å². The summed E-state index contributed by atoms with van der Waals surface area (Å²) in [5, 5.41) is 6.40. The molecule has 3 aromatic carbocycles. The van der Waals surface area contributed by atoms with Crippen molar-refractivity contribution in [1.29, 1.82) is 0 Å². The van der Waals surface area contributed by atoms with Crippen LogP contribution in [0.1, 0.15) is 0 Å². The number of hydrogen-bond acceptors (Lipinski definition) is 4. The van der Waals surface area contributed by atoms with Gasteiger partial charge in [-0.05, 0) is 36.4 Å². The molecule has 0 saturated heterocycles. The van der Waals surface area contributed by atoms with E-state index in [2.05, 4.69) is 44.7 Å². The van der Waals surface area contributed by atoms with Crippen molar-refractivity contribution >= 4 is 71.3 Å². The highest BCUT2D eigenvalue weighted by Crippen LogP contribution is 2.41. The topological polar surface area (TPSA) is 56.5 Å². The number of nitrogens with zero attached hydrogens (tertiary/aromatic N) is 3. The van der Waals surface area contributed by atoms with Gasteiger partial charge in [0, 0.05) is 45.5 Å². The quantitative estimate of drug-likeness (QED) is 0.262. The Balaban J connectivity index is 1.64. The number of benzene rings is 3. The number of imidazole rings is 1. The molecule has 0 atom stereocenters. The Bertz CT molecular complexity index is 2010. The lowest BCUT2D eigenvalue weighted by Gasteiger charge is -2.07. The molecule has 144 valence electrons. The molecule has 5 aromatic heterocycles. The molecular formula is C26H13N3O2. The molecular weight excluding hydrogens is 386 g/mol. The van der Waals surface area contributed by atoms with Gasteiger partial charge in [-0.15, -0.1) is 0 Å². The van der Waals surface area contributed by atoms with Gasteiger partial charge < -0.3 is 8.83 Å². The van der Waals surface area contributed by atoms with E-state index in [1.807, 2.05) is 42.7 Å². The van der Waals surface area contributed by atoms with Crippen LogP contribution < -0.4 is 0 Å². The van der Waals surface area contributed by atoms with E-state index in [1.165, 1.54) is 0 Å². The summed E-state index contributed by atoms with van der Waals surface area (Å²) in [5.74, 6) is 0. The highest BCUT2D eigenvalue weighted by molar-refractivity contribution is 6.24. The minimum atomic E-state index is 0.821. The second-order valence-corrected chi connectivity index (χ2v) is 7.90. The molecule has 0 N–H and O–H groups in total. The van der Waals surface area contributed by atoms with E-state index >= 15 is 0 Å². The molecule has 0 bridgehead atoms. The zero-order valence-electron chi connectivity index (χ0n) is 16.2. The number of pyridine rings is 2. The van der Waals surface area contributed by atoms with Crippen LogP contribution in [0.3, 0.4) is 0 Å². The summed E-state index contributed by atoms with van der Waals surface area (Å²) in [5.41, 5.74) is 6.20. The van der Waals surface area contributed by atoms with Gasteiger partial charge in [0.25, 0.3) is 0 Å². The Labute approximate surface area is 174 Å². The average Bonchev–Trinajstić information content (AvgIpc) is 3.52. The van der Waals surface area contributed by atoms with Crippen LogP contribution in [-0.2, 0) is 0 Å². The number of hydrogen-bond donors (Lipinski definition) is 0. The van der Waals surface area contributed by atoms with Crippen molar-refractivity contribution in [2.45, 2.75) is 0 Å². The van der Waals surface area contributed by atoms with E-state index in [9.17, 15) is 0 Å². The third kappa shape index (κ3) is 1.82. The van der Waals surface area contributed by atoms with Gasteiger partial charge in [-0.2, -0.15) is 0 Å². The highest BCUT2D eigenvalue weighted by Gasteiger charge is 2.18.